The number of fused-ring (bicyclic) bond motifs is 1. The average Bonchev–Trinajstić information content (AvgIpc) is 3.24. The number of nitrogens with zero attached hydrogens (tertiary/aromatic N) is 2. The SMILES string of the molecule is COc1cc2c(cc1OC)CN(C(=O)COC(=O)/C=C/c1ccc([N+](=O)[O-])o1)CC2. The highest BCUT2D eigenvalue weighted by Crippen LogP contribution is 2.33. The molecule has 0 atom stereocenters. The van der Waals surface area contributed by atoms with E-state index in [2.05, 4.69) is 0 Å². The second-order valence-corrected chi connectivity index (χ2v) is 6.42. The van der Waals surface area contributed by atoms with Crippen molar-refractivity contribution < 1.29 is 33.1 Å². The molecule has 0 saturated carbocycles. The molecule has 2 aromatic rings. The van der Waals surface area contributed by atoms with E-state index in [0.29, 0.717) is 31.0 Å². The van der Waals surface area contributed by atoms with E-state index in [1.165, 1.54) is 18.2 Å². The standard InChI is InChI=1S/C20H20N2O8/c1-27-16-9-13-7-8-21(11-14(13)10-17(16)28-2)18(23)12-29-20(24)6-4-15-3-5-19(30-15)22(25)26/h3-6,9-10H,7-8,11-12H2,1-2H3/b6-4+. The van der Waals surface area contributed by atoms with Crippen LogP contribution in [-0.2, 0) is 27.3 Å². The summed E-state index contributed by atoms with van der Waals surface area (Å²) in [6, 6.07) is 6.26. The monoisotopic (exact) mass is 416 g/mol. The minimum Gasteiger partial charge on any atom is -0.493 e. The van der Waals surface area contributed by atoms with Gasteiger partial charge in [0, 0.05) is 19.2 Å². The van der Waals surface area contributed by atoms with Gasteiger partial charge in [0.05, 0.1) is 20.3 Å². The molecule has 0 N–H and O–H groups in total. The summed E-state index contributed by atoms with van der Waals surface area (Å²) >= 11 is 0. The van der Waals surface area contributed by atoms with E-state index in [-0.39, 0.29) is 11.7 Å². The molecule has 0 saturated heterocycles. The zero-order valence-corrected chi connectivity index (χ0v) is 16.5. The number of rotatable bonds is 7. The maximum atomic E-state index is 12.4. The van der Waals surface area contributed by atoms with Gasteiger partial charge in [-0.1, -0.05) is 0 Å². The molecule has 0 spiro atoms. The molecule has 1 aromatic carbocycles. The lowest BCUT2D eigenvalue weighted by atomic mass is 9.99. The molecule has 0 aliphatic carbocycles. The third-order valence-corrected chi connectivity index (χ3v) is 4.58. The van der Waals surface area contributed by atoms with Crippen molar-refractivity contribution in [2.75, 3.05) is 27.4 Å². The van der Waals surface area contributed by atoms with Gasteiger partial charge in [-0.2, -0.15) is 0 Å². The van der Waals surface area contributed by atoms with Crippen LogP contribution in [0.5, 0.6) is 11.5 Å². The number of methoxy groups -OCH3 is 2. The summed E-state index contributed by atoms with van der Waals surface area (Å²) in [6.45, 7) is 0.451. The number of amides is 1. The summed E-state index contributed by atoms with van der Waals surface area (Å²) in [6.07, 6.45) is 2.92. The van der Waals surface area contributed by atoms with Crippen molar-refractivity contribution in [2.24, 2.45) is 0 Å². The first-order valence-corrected chi connectivity index (χ1v) is 9.02. The van der Waals surface area contributed by atoms with Gasteiger partial charge in [-0.15, -0.1) is 0 Å². The molecule has 158 valence electrons. The lowest BCUT2D eigenvalue weighted by Crippen LogP contribution is -2.38. The third kappa shape index (κ3) is 4.77. The van der Waals surface area contributed by atoms with Crippen molar-refractivity contribution in [2.45, 2.75) is 13.0 Å². The smallest absolute Gasteiger partial charge is 0.433 e. The molecule has 0 bridgehead atoms. The summed E-state index contributed by atoms with van der Waals surface area (Å²) in [5.74, 6) is -0.171. The fraction of sp³-hybridized carbons (Fsp3) is 0.300. The van der Waals surface area contributed by atoms with E-state index in [4.69, 9.17) is 18.6 Å². The highest BCUT2D eigenvalue weighted by Gasteiger charge is 2.23. The van der Waals surface area contributed by atoms with Gasteiger partial charge in [0.15, 0.2) is 18.1 Å². The third-order valence-electron chi connectivity index (χ3n) is 4.58. The van der Waals surface area contributed by atoms with Gasteiger partial charge in [0.1, 0.15) is 10.7 Å². The normalized spacial score (nSPS) is 13.1. The number of carbonyl (C=O) groups is 2. The van der Waals surface area contributed by atoms with Crippen molar-refractivity contribution in [3.05, 3.63) is 57.3 Å². The average molecular weight is 416 g/mol. The Kier molecular flexibility index (Phi) is 6.35. The number of nitro groups is 1. The molecule has 1 aromatic heterocycles. The van der Waals surface area contributed by atoms with Gasteiger partial charge >= 0.3 is 11.9 Å². The number of ether oxygens (including phenoxy) is 3. The largest absolute Gasteiger partial charge is 0.493 e. The van der Waals surface area contributed by atoms with Crippen molar-refractivity contribution >= 4 is 23.8 Å². The Bertz CT molecular complexity index is 995. The highest BCUT2D eigenvalue weighted by molar-refractivity contribution is 5.89. The number of carbonyl (C=O) groups excluding carboxylic acids is 2. The van der Waals surface area contributed by atoms with Gasteiger partial charge in [-0.05, 0) is 41.8 Å². The molecule has 0 fully saturated rings. The van der Waals surface area contributed by atoms with E-state index >= 15 is 0 Å². The Morgan fingerprint density at radius 2 is 1.90 bits per heavy atom. The molecule has 2 heterocycles. The van der Waals surface area contributed by atoms with Gasteiger partial charge in [0.2, 0.25) is 0 Å². The molecule has 1 amide bonds. The van der Waals surface area contributed by atoms with Gasteiger partial charge in [-0.25, -0.2) is 4.79 Å². The number of furan rings is 1. The van der Waals surface area contributed by atoms with Gasteiger partial charge < -0.3 is 23.5 Å². The molecule has 1 aliphatic rings. The molecule has 1 aliphatic heterocycles. The summed E-state index contributed by atoms with van der Waals surface area (Å²) in [4.78, 5) is 35.7. The van der Waals surface area contributed by atoms with E-state index in [9.17, 15) is 19.7 Å². The number of hydrogen-bond acceptors (Lipinski definition) is 8. The Balaban J connectivity index is 1.54. The highest BCUT2D eigenvalue weighted by atomic mass is 16.6. The molecule has 3 rings (SSSR count). The van der Waals surface area contributed by atoms with Crippen LogP contribution in [0, 0.1) is 10.1 Å². The Labute approximate surface area is 171 Å². The molecular weight excluding hydrogens is 396 g/mol. The van der Waals surface area contributed by atoms with E-state index in [1.807, 2.05) is 12.1 Å². The summed E-state index contributed by atoms with van der Waals surface area (Å²) in [5, 5.41) is 10.6. The molecule has 0 unspecified atom stereocenters. The lowest BCUT2D eigenvalue weighted by Gasteiger charge is -2.29. The van der Waals surface area contributed by atoms with Crippen LogP contribution in [0.2, 0.25) is 0 Å². The Morgan fingerprint density at radius 3 is 2.53 bits per heavy atom. The lowest BCUT2D eigenvalue weighted by molar-refractivity contribution is -0.402. The zero-order chi connectivity index (χ0) is 21.7. The fourth-order valence-electron chi connectivity index (χ4n) is 3.05. The van der Waals surface area contributed by atoms with Gasteiger partial charge in [0.25, 0.3) is 5.91 Å². The number of hydrogen-bond donors (Lipinski definition) is 0. The van der Waals surface area contributed by atoms with Crippen LogP contribution in [0.3, 0.4) is 0 Å². The first-order valence-electron chi connectivity index (χ1n) is 9.02. The van der Waals surface area contributed by atoms with E-state index in [0.717, 1.165) is 17.2 Å². The summed E-state index contributed by atoms with van der Waals surface area (Å²) in [5.41, 5.74) is 2.02. The molecule has 10 heteroatoms. The number of benzene rings is 1. The van der Waals surface area contributed by atoms with Crippen LogP contribution in [-0.4, -0.2) is 49.1 Å². The maximum Gasteiger partial charge on any atom is 0.433 e. The van der Waals surface area contributed by atoms with Crippen LogP contribution >= 0.6 is 0 Å². The van der Waals surface area contributed by atoms with E-state index in [1.54, 1.807) is 19.1 Å². The molecule has 30 heavy (non-hydrogen) atoms. The second-order valence-electron chi connectivity index (χ2n) is 6.42. The molecule has 0 radical (unpaired) electrons. The van der Waals surface area contributed by atoms with Crippen LogP contribution < -0.4 is 9.47 Å². The van der Waals surface area contributed by atoms with Crippen molar-refractivity contribution in [3.8, 4) is 11.5 Å². The van der Waals surface area contributed by atoms with Crippen molar-refractivity contribution in [1.82, 2.24) is 4.90 Å². The maximum absolute atomic E-state index is 12.4. The second kappa shape index (κ2) is 9.12. The first kappa shape index (κ1) is 20.9. The Hall–Kier alpha value is -3.82. The van der Waals surface area contributed by atoms with Crippen molar-refractivity contribution in [3.63, 3.8) is 0 Å². The topological polar surface area (TPSA) is 121 Å². The Morgan fingerprint density at radius 1 is 1.20 bits per heavy atom. The quantitative estimate of drug-likeness (QED) is 0.292. The fourth-order valence-corrected chi connectivity index (χ4v) is 3.05. The minimum atomic E-state index is -0.758. The zero-order valence-electron chi connectivity index (χ0n) is 16.5. The van der Waals surface area contributed by atoms with Crippen molar-refractivity contribution in [1.29, 1.82) is 0 Å². The number of esters is 1. The van der Waals surface area contributed by atoms with Gasteiger partial charge in [-0.3, -0.25) is 14.9 Å². The van der Waals surface area contributed by atoms with Crippen LogP contribution in [0.15, 0.2) is 34.8 Å². The predicted molar refractivity (Wildman–Crippen MR) is 104 cm³/mol. The molecule has 10 nitrogen and oxygen atoms in total. The summed E-state index contributed by atoms with van der Waals surface area (Å²) < 4.78 is 20.5. The van der Waals surface area contributed by atoms with Crippen LogP contribution in [0.25, 0.3) is 6.08 Å². The van der Waals surface area contributed by atoms with Crippen LogP contribution in [0.4, 0.5) is 5.88 Å². The van der Waals surface area contributed by atoms with Crippen LogP contribution in [0.1, 0.15) is 16.9 Å². The minimum absolute atomic E-state index is 0.127. The van der Waals surface area contributed by atoms with E-state index < -0.39 is 23.4 Å². The first-order chi connectivity index (χ1) is 14.4. The summed E-state index contributed by atoms with van der Waals surface area (Å²) in [7, 11) is 3.11. The molecular formula is C20H20N2O8. The predicted octanol–water partition coefficient (Wildman–Crippen LogP) is 2.35.